The van der Waals surface area contributed by atoms with Crippen LogP contribution in [0.2, 0.25) is 0 Å². The zero-order valence-electron chi connectivity index (χ0n) is 10.7. The summed E-state index contributed by atoms with van der Waals surface area (Å²) in [5.74, 6) is -0.296. The molecule has 1 fully saturated rings. The van der Waals surface area contributed by atoms with E-state index >= 15 is 0 Å². The molecule has 108 valence electrons. The predicted molar refractivity (Wildman–Crippen MR) is 76.9 cm³/mol. The van der Waals surface area contributed by atoms with E-state index in [1.54, 1.807) is 0 Å². The summed E-state index contributed by atoms with van der Waals surface area (Å²) >= 11 is 0. The Balaban J connectivity index is 2.15. The molecule has 0 aromatic heterocycles. The lowest BCUT2D eigenvalue weighted by Gasteiger charge is -2.05. The third-order valence-electron chi connectivity index (χ3n) is 2.53. The summed E-state index contributed by atoms with van der Waals surface area (Å²) in [6.45, 7) is 0. The van der Waals surface area contributed by atoms with Gasteiger partial charge in [-0.25, -0.2) is 18.1 Å². The van der Waals surface area contributed by atoms with Gasteiger partial charge in [0.05, 0.1) is 10.6 Å². The Bertz CT molecular complexity index is 642. The minimum absolute atomic E-state index is 0.0650. The average Bonchev–Trinajstić information content (AvgIpc) is 3.11. The standard InChI is InChI=1S/C11H16N6O2S/c12-10(13)16-11(14)15-7-3-5-9(6-4-7)20(18,19)17-8-1-2-8/h3-6,8,17H,1-2H2,(H6,12,13,14,15,16). The first-order valence-corrected chi connectivity index (χ1v) is 7.41. The number of hydrogen-bond acceptors (Lipinski definition) is 3. The van der Waals surface area contributed by atoms with E-state index in [4.69, 9.17) is 17.2 Å². The van der Waals surface area contributed by atoms with Crippen molar-refractivity contribution in [1.82, 2.24) is 4.72 Å². The maximum absolute atomic E-state index is 11.9. The van der Waals surface area contributed by atoms with Gasteiger partial charge in [0, 0.05) is 6.04 Å². The minimum atomic E-state index is -3.46. The van der Waals surface area contributed by atoms with Gasteiger partial charge in [0.2, 0.25) is 16.0 Å². The highest BCUT2D eigenvalue weighted by molar-refractivity contribution is 7.89. The molecular formula is C11H16N6O2S. The lowest BCUT2D eigenvalue weighted by molar-refractivity contribution is 0.581. The van der Waals surface area contributed by atoms with Crippen molar-refractivity contribution in [2.24, 2.45) is 27.2 Å². The average molecular weight is 296 g/mol. The van der Waals surface area contributed by atoms with Crippen molar-refractivity contribution in [2.75, 3.05) is 0 Å². The molecule has 20 heavy (non-hydrogen) atoms. The Morgan fingerprint density at radius 1 is 1.15 bits per heavy atom. The normalized spacial score (nSPS) is 15.9. The Morgan fingerprint density at radius 3 is 2.25 bits per heavy atom. The van der Waals surface area contributed by atoms with Crippen LogP contribution in [0.25, 0.3) is 0 Å². The largest absolute Gasteiger partial charge is 0.370 e. The highest BCUT2D eigenvalue weighted by Gasteiger charge is 2.27. The summed E-state index contributed by atoms with van der Waals surface area (Å²) in [7, 11) is -3.46. The predicted octanol–water partition coefficient (Wildman–Crippen LogP) is -0.653. The molecule has 0 heterocycles. The smallest absolute Gasteiger partial charge is 0.240 e. The maximum atomic E-state index is 11.9. The van der Waals surface area contributed by atoms with Crippen LogP contribution < -0.4 is 21.9 Å². The molecule has 0 radical (unpaired) electrons. The fourth-order valence-electron chi connectivity index (χ4n) is 1.48. The van der Waals surface area contributed by atoms with Crippen molar-refractivity contribution >= 4 is 27.6 Å². The lowest BCUT2D eigenvalue weighted by Crippen LogP contribution is -2.26. The molecule has 0 saturated heterocycles. The highest BCUT2D eigenvalue weighted by atomic mass is 32.2. The zero-order valence-corrected chi connectivity index (χ0v) is 11.5. The van der Waals surface area contributed by atoms with Crippen molar-refractivity contribution in [2.45, 2.75) is 23.8 Å². The Morgan fingerprint density at radius 2 is 1.75 bits per heavy atom. The van der Waals surface area contributed by atoms with E-state index in [2.05, 4.69) is 14.7 Å². The van der Waals surface area contributed by atoms with E-state index in [9.17, 15) is 8.42 Å². The molecule has 0 unspecified atom stereocenters. The van der Waals surface area contributed by atoms with E-state index in [1.165, 1.54) is 24.3 Å². The molecule has 0 amide bonds. The van der Waals surface area contributed by atoms with Crippen molar-refractivity contribution in [3.63, 3.8) is 0 Å². The van der Waals surface area contributed by atoms with Crippen LogP contribution in [-0.4, -0.2) is 26.4 Å². The van der Waals surface area contributed by atoms with E-state index in [1.807, 2.05) is 0 Å². The minimum Gasteiger partial charge on any atom is -0.370 e. The number of hydrogen-bond donors (Lipinski definition) is 4. The molecule has 0 aliphatic heterocycles. The maximum Gasteiger partial charge on any atom is 0.240 e. The van der Waals surface area contributed by atoms with Crippen LogP contribution in [0.3, 0.4) is 0 Å². The summed E-state index contributed by atoms with van der Waals surface area (Å²) in [4.78, 5) is 7.67. The fourth-order valence-corrected chi connectivity index (χ4v) is 2.78. The van der Waals surface area contributed by atoms with Crippen LogP contribution in [0.4, 0.5) is 5.69 Å². The topological polar surface area (TPSA) is 149 Å². The number of rotatable bonds is 4. The first kappa shape index (κ1) is 14.3. The Kier molecular flexibility index (Phi) is 3.91. The molecular weight excluding hydrogens is 280 g/mol. The third-order valence-corrected chi connectivity index (χ3v) is 4.07. The van der Waals surface area contributed by atoms with Gasteiger partial charge in [0.25, 0.3) is 0 Å². The van der Waals surface area contributed by atoms with Crippen molar-refractivity contribution in [3.8, 4) is 0 Å². The number of aliphatic imine (C=N–C) groups is 2. The number of sulfonamides is 1. The van der Waals surface area contributed by atoms with Crippen molar-refractivity contribution < 1.29 is 8.42 Å². The van der Waals surface area contributed by atoms with E-state index < -0.39 is 10.0 Å². The van der Waals surface area contributed by atoms with Crippen LogP contribution >= 0.6 is 0 Å². The van der Waals surface area contributed by atoms with Gasteiger partial charge >= 0.3 is 0 Å². The van der Waals surface area contributed by atoms with E-state index in [0.717, 1.165) is 12.8 Å². The number of guanidine groups is 2. The molecule has 0 atom stereocenters. The Hall–Kier alpha value is -2.13. The molecule has 2 rings (SSSR count). The van der Waals surface area contributed by atoms with Crippen molar-refractivity contribution in [3.05, 3.63) is 24.3 Å². The zero-order chi connectivity index (χ0) is 14.8. The monoisotopic (exact) mass is 296 g/mol. The summed E-state index contributed by atoms with van der Waals surface area (Å²) in [5, 5.41) is 0. The molecule has 0 bridgehead atoms. The van der Waals surface area contributed by atoms with Gasteiger partial charge in [-0.1, -0.05) is 0 Å². The van der Waals surface area contributed by atoms with Crippen LogP contribution in [0.15, 0.2) is 39.1 Å². The molecule has 1 aromatic carbocycles. The van der Waals surface area contributed by atoms with Gasteiger partial charge in [-0.05, 0) is 37.1 Å². The van der Waals surface area contributed by atoms with Gasteiger partial charge in [-0.3, -0.25) is 0 Å². The highest BCUT2D eigenvalue weighted by Crippen LogP contribution is 2.23. The lowest BCUT2D eigenvalue weighted by atomic mass is 10.3. The molecule has 1 aromatic rings. The fraction of sp³-hybridized carbons (Fsp3) is 0.273. The third kappa shape index (κ3) is 3.93. The molecule has 1 aliphatic rings. The summed E-state index contributed by atoms with van der Waals surface area (Å²) in [6, 6.07) is 6.02. The Labute approximate surface area is 116 Å². The number of nitrogens with two attached hydrogens (primary N) is 3. The molecule has 9 heteroatoms. The second-order valence-corrected chi connectivity index (χ2v) is 6.11. The number of nitrogens with one attached hydrogen (secondary N) is 1. The van der Waals surface area contributed by atoms with Gasteiger partial charge in [-0.15, -0.1) is 0 Å². The molecule has 1 saturated carbocycles. The first-order valence-electron chi connectivity index (χ1n) is 5.93. The molecule has 8 nitrogen and oxygen atoms in total. The van der Waals surface area contributed by atoms with Gasteiger partial charge in [-0.2, -0.15) is 4.99 Å². The summed E-state index contributed by atoms with van der Waals surface area (Å²) in [5.41, 5.74) is 16.3. The molecule has 0 spiro atoms. The van der Waals surface area contributed by atoms with Gasteiger partial charge < -0.3 is 17.2 Å². The number of nitrogens with zero attached hydrogens (tertiary/aromatic N) is 2. The van der Waals surface area contributed by atoms with Crippen molar-refractivity contribution in [1.29, 1.82) is 0 Å². The van der Waals surface area contributed by atoms with E-state index in [0.29, 0.717) is 5.69 Å². The second kappa shape index (κ2) is 5.47. The van der Waals surface area contributed by atoms with Crippen LogP contribution in [0.1, 0.15) is 12.8 Å². The summed E-state index contributed by atoms with van der Waals surface area (Å²) < 4.78 is 26.5. The number of benzene rings is 1. The van der Waals surface area contributed by atoms with Crippen LogP contribution in [-0.2, 0) is 10.0 Å². The van der Waals surface area contributed by atoms with Gasteiger partial charge in [0.15, 0.2) is 5.96 Å². The van der Waals surface area contributed by atoms with E-state index in [-0.39, 0.29) is 22.9 Å². The van der Waals surface area contributed by atoms with Crippen LogP contribution in [0.5, 0.6) is 0 Å². The van der Waals surface area contributed by atoms with Crippen LogP contribution in [0, 0.1) is 0 Å². The SMILES string of the molecule is NC(N)=NC(N)=Nc1ccc(S(=O)(=O)NC2CC2)cc1. The second-order valence-electron chi connectivity index (χ2n) is 4.40. The molecule has 1 aliphatic carbocycles. The molecule has 7 N–H and O–H groups in total. The van der Waals surface area contributed by atoms with Gasteiger partial charge in [0.1, 0.15) is 0 Å². The summed E-state index contributed by atoms with van der Waals surface area (Å²) in [6.07, 6.45) is 1.77. The quantitative estimate of drug-likeness (QED) is 0.430. The first-order chi connectivity index (χ1) is 9.37.